The quantitative estimate of drug-likeness (QED) is 0.614. The maximum Gasteiger partial charge on any atom is 0.259 e. The van der Waals surface area contributed by atoms with Crippen LogP contribution in [0.25, 0.3) is 0 Å². The van der Waals surface area contributed by atoms with Gasteiger partial charge in [-0.05, 0) is 59.6 Å². The highest BCUT2D eigenvalue weighted by Gasteiger charge is 2.28. The maximum atomic E-state index is 14.5. The number of ether oxygens (including phenoxy) is 1. The molecule has 6 nitrogen and oxygen atoms in total. The first-order valence-corrected chi connectivity index (χ1v) is 13.0. The molecule has 9 heteroatoms. The second kappa shape index (κ2) is 8.95. The molecule has 0 spiro atoms. The van der Waals surface area contributed by atoms with E-state index in [1.807, 2.05) is 0 Å². The Bertz CT molecular complexity index is 1170. The van der Waals surface area contributed by atoms with Crippen molar-refractivity contribution in [1.29, 1.82) is 0 Å². The SMILES string of the molecule is CC(C)c1cc2c(c(C(C)C)c1CC(=O)N=S(N)(=O)c1sc(C(C)(C)O)cc1F)COC2. The number of nitrogens with zero attached hydrogens (tertiary/aromatic N) is 1. The Kier molecular flexibility index (Phi) is 6.98. The third-order valence-electron chi connectivity index (χ3n) is 5.51. The molecule has 2 aromatic rings. The number of rotatable bonds is 6. The van der Waals surface area contributed by atoms with E-state index < -0.39 is 27.2 Å². The van der Waals surface area contributed by atoms with Crippen molar-refractivity contribution in [3.05, 3.63) is 50.6 Å². The van der Waals surface area contributed by atoms with Crippen LogP contribution < -0.4 is 5.14 Å². The van der Waals surface area contributed by atoms with Crippen LogP contribution in [0, 0.1) is 5.82 Å². The Morgan fingerprint density at radius 2 is 1.94 bits per heavy atom. The smallest absolute Gasteiger partial charge is 0.259 e. The van der Waals surface area contributed by atoms with Gasteiger partial charge in [0.1, 0.15) is 0 Å². The van der Waals surface area contributed by atoms with E-state index in [4.69, 9.17) is 9.88 Å². The molecule has 0 saturated carbocycles. The fourth-order valence-corrected chi connectivity index (χ4v) is 6.49. The molecule has 0 radical (unpaired) electrons. The summed E-state index contributed by atoms with van der Waals surface area (Å²) in [6.07, 6.45) is -0.0756. The summed E-state index contributed by atoms with van der Waals surface area (Å²) in [6, 6.07) is 3.16. The largest absolute Gasteiger partial charge is 0.385 e. The summed E-state index contributed by atoms with van der Waals surface area (Å²) in [5, 5.41) is 16.0. The Balaban J connectivity index is 2.05. The Hall–Kier alpha value is -1.65. The van der Waals surface area contributed by atoms with E-state index >= 15 is 0 Å². The van der Waals surface area contributed by atoms with Crippen LogP contribution in [0.3, 0.4) is 0 Å². The molecule has 3 rings (SSSR count). The highest BCUT2D eigenvalue weighted by atomic mass is 32.2. The molecule has 3 N–H and O–H groups in total. The molecule has 0 saturated heterocycles. The van der Waals surface area contributed by atoms with Gasteiger partial charge in [-0.2, -0.15) is 0 Å². The fraction of sp³-hybridized carbons (Fsp3) is 0.522. The number of carbonyl (C=O) groups excluding carboxylic acids is 1. The van der Waals surface area contributed by atoms with E-state index in [2.05, 4.69) is 38.1 Å². The number of aliphatic hydroxyl groups is 1. The Morgan fingerprint density at radius 1 is 1.28 bits per heavy atom. The number of amides is 1. The monoisotopic (exact) mass is 482 g/mol. The Morgan fingerprint density at radius 3 is 2.47 bits per heavy atom. The first kappa shape index (κ1) is 25.0. The van der Waals surface area contributed by atoms with Crippen molar-refractivity contribution < 1.29 is 23.2 Å². The number of thiophene rings is 1. The third kappa shape index (κ3) is 4.97. The summed E-state index contributed by atoms with van der Waals surface area (Å²) in [7, 11) is -3.79. The first-order chi connectivity index (χ1) is 14.7. The molecule has 176 valence electrons. The molecular formula is C23H31FN2O4S2. The third-order valence-corrected chi connectivity index (χ3v) is 8.89. The van der Waals surface area contributed by atoms with Crippen molar-refractivity contribution in [3.8, 4) is 0 Å². The van der Waals surface area contributed by atoms with E-state index in [-0.39, 0.29) is 27.3 Å². The van der Waals surface area contributed by atoms with Gasteiger partial charge in [-0.25, -0.2) is 13.7 Å². The molecule has 1 amide bonds. The van der Waals surface area contributed by atoms with Gasteiger partial charge < -0.3 is 9.84 Å². The molecule has 1 aliphatic heterocycles. The molecule has 1 unspecified atom stereocenters. The van der Waals surface area contributed by atoms with Gasteiger partial charge in [-0.3, -0.25) is 4.79 Å². The summed E-state index contributed by atoms with van der Waals surface area (Å²) >= 11 is 0.766. The van der Waals surface area contributed by atoms with Gasteiger partial charge in [0.2, 0.25) is 0 Å². The number of halogens is 1. The second-order valence-corrected chi connectivity index (χ2v) is 12.4. The van der Waals surface area contributed by atoms with Crippen LogP contribution in [0.4, 0.5) is 4.39 Å². The number of benzene rings is 1. The standard InChI is InChI=1S/C23H31FN2O4S2/c1-12(2)15-7-14-10-30-11-17(14)21(13(3)4)16(15)8-20(27)26-32(25,29)22-18(24)9-19(31-22)23(5,6)28/h7,9,12-13,28H,8,10-11H2,1-6H3,(H2,25,26,27,29). The molecule has 1 atom stereocenters. The molecule has 2 heterocycles. The molecule has 1 aliphatic rings. The van der Waals surface area contributed by atoms with E-state index in [1.165, 1.54) is 13.8 Å². The van der Waals surface area contributed by atoms with Crippen molar-refractivity contribution in [1.82, 2.24) is 0 Å². The number of hydrogen-bond acceptors (Lipinski definition) is 5. The lowest BCUT2D eigenvalue weighted by atomic mass is 9.82. The van der Waals surface area contributed by atoms with Gasteiger partial charge in [0.15, 0.2) is 19.9 Å². The minimum atomic E-state index is -3.79. The average Bonchev–Trinajstić information content (AvgIpc) is 3.26. The van der Waals surface area contributed by atoms with Gasteiger partial charge >= 0.3 is 0 Å². The molecule has 1 aromatic heterocycles. The van der Waals surface area contributed by atoms with Crippen molar-refractivity contribution in [2.24, 2.45) is 9.50 Å². The van der Waals surface area contributed by atoms with Gasteiger partial charge in [-0.1, -0.05) is 33.8 Å². The van der Waals surface area contributed by atoms with Crippen LogP contribution in [0.2, 0.25) is 0 Å². The van der Waals surface area contributed by atoms with E-state index in [0.29, 0.717) is 13.2 Å². The van der Waals surface area contributed by atoms with Crippen molar-refractivity contribution in [3.63, 3.8) is 0 Å². The predicted molar refractivity (Wildman–Crippen MR) is 124 cm³/mol. The minimum absolute atomic E-state index is 0.0756. The first-order valence-electron chi connectivity index (χ1n) is 10.6. The second-order valence-electron chi connectivity index (χ2n) is 9.33. The van der Waals surface area contributed by atoms with Gasteiger partial charge in [0.25, 0.3) is 5.91 Å². The summed E-state index contributed by atoms with van der Waals surface area (Å²) in [6.45, 7) is 12.2. The van der Waals surface area contributed by atoms with Crippen molar-refractivity contribution in [2.45, 2.75) is 82.8 Å². The zero-order valence-electron chi connectivity index (χ0n) is 19.3. The van der Waals surface area contributed by atoms with E-state index in [0.717, 1.165) is 45.2 Å². The Labute approximate surface area is 193 Å². The van der Waals surface area contributed by atoms with E-state index in [1.54, 1.807) is 0 Å². The fourth-order valence-electron chi connectivity index (χ4n) is 4.07. The van der Waals surface area contributed by atoms with Gasteiger partial charge in [0, 0.05) is 4.88 Å². The van der Waals surface area contributed by atoms with E-state index in [9.17, 15) is 18.5 Å². The molecular weight excluding hydrogens is 451 g/mol. The predicted octanol–water partition coefficient (Wildman–Crippen LogP) is 4.86. The summed E-state index contributed by atoms with van der Waals surface area (Å²) < 4.78 is 36.6. The zero-order valence-corrected chi connectivity index (χ0v) is 21.0. The molecule has 1 aromatic carbocycles. The number of fused-ring (bicyclic) bond motifs is 1. The number of nitrogens with two attached hydrogens (primary N) is 1. The van der Waals surface area contributed by atoms with Crippen LogP contribution in [0.15, 0.2) is 20.7 Å². The van der Waals surface area contributed by atoms with Crippen molar-refractivity contribution in [2.75, 3.05) is 0 Å². The summed E-state index contributed by atoms with van der Waals surface area (Å²) in [4.78, 5) is 13.2. The highest BCUT2D eigenvalue weighted by Crippen LogP contribution is 2.37. The van der Waals surface area contributed by atoms with Crippen LogP contribution in [0.5, 0.6) is 0 Å². The normalized spacial score (nSPS) is 15.8. The average molecular weight is 483 g/mol. The lowest BCUT2D eigenvalue weighted by molar-refractivity contribution is -0.117. The lowest BCUT2D eigenvalue weighted by Crippen LogP contribution is -2.17. The van der Waals surface area contributed by atoms with Crippen LogP contribution in [0.1, 0.15) is 86.1 Å². The van der Waals surface area contributed by atoms with Crippen LogP contribution >= 0.6 is 11.3 Å². The molecule has 0 aliphatic carbocycles. The summed E-state index contributed by atoms with van der Waals surface area (Å²) in [5.41, 5.74) is 3.84. The molecule has 32 heavy (non-hydrogen) atoms. The minimum Gasteiger partial charge on any atom is -0.385 e. The van der Waals surface area contributed by atoms with Gasteiger partial charge in [0.05, 0.1) is 25.2 Å². The maximum absolute atomic E-state index is 14.5. The highest BCUT2D eigenvalue weighted by molar-refractivity contribution is 7.93. The molecule has 0 bridgehead atoms. The van der Waals surface area contributed by atoms with Crippen molar-refractivity contribution >= 4 is 27.2 Å². The van der Waals surface area contributed by atoms with Gasteiger partial charge in [-0.15, -0.1) is 15.7 Å². The van der Waals surface area contributed by atoms with Crippen LogP contribution in [-0.2, 0) is 44.7 Å². The summed E-state index contributed by atoms with van der Waals surface area (Å²) in [5.74, 6) is -1.19. The molecule has 0 fully saturated rings. The number of hydrogen-bond donors (Lipinski definition) is 2. The number of carbonyl (C=O) groups is 1. The van der Waals surface area contributed by atoms with Crippen LogP contribution in [-0.4, -0.2) is 15.2 Å². The lowest BCUT2D eigenvalue weighted by Gasteiger charge is -2.22. The zero-order chi connectivity index (χ0) is 24.0. The topological polar surface area (TPSA) is 102 Å².